The molecule has 0 aliphatic carbocycles. The number of hydrogen-bond acceptors (Lipinski definition) is 3. The zero-order chi connectivity index (χ0) is 12.9. The van der Waals surface area contributed by atoms with Crippen molar-refractivity contribution in [2.75, 3.05) is 20.1 Å². The Balaban J connectivity index is 4.81. The summed E-state index contributed by atoms with van der Waals surface area (Å²) in [6, 6.07) is -0.219. The van der Waals surface area contributed by atoms with Crippen LogP contribution >= 0.6 is 12.2 Å². The molecule has 0 aromatic carbocycles. The summed E-state index contributed by atoms with van der Waals surface area (Å²) >= 11 is 4.78. The minimum absolute atomic E-state index is 0.219. The first kappa shape index (κ1) is 15.8. The van der Waals surface area contributed by atoms with Gasteiger partial charge in [-0.2, -0.15) is 17.0 Å². The topological polar surface area (TPSA) is 66.6 Å². The highest BCUT2D eigenvalue weighted by Gasteiger charge is 2.28. The maximum absolute atomic E-state index is 12.1. The molecular formula is C9H21N3O2S2. The van der Waals surface area contributed by atoms with E-state index >= 15 is 0 Å². The van der Waals surface area contributed by atoms with E-state index in [1.54, 1.807) is 14.0 Å². The first-order valence-electron chi connectivity index (χ1n) is 5.28. The molecule has 5 nitrogen and oxygen atoms in total. The van der Waals surface area contributed by atoms with Crippen LogP contribution in [0.1, 0.15) is 27.2 Å². The number of nitrogens with zero attached hydrogens (tertiary/aromatic N) is 2. The molecule has 0 aliphatic rings. The van der Waals surface area contributed by atoms with Crippen molar-refractivity contribution in [3.05, 3.63) is 0 Å². The molecule has 1 unspecified atom stereocenters. The van der Waals surface area contributed by atoms with Crippen LogP contribution in [-0.2, 0) is 10.2 Å². The molecule has 16 heavy (non-hydrogen) atoms. The Morgan fingerprint density at radius 3 is 2.12 bits per heavy atom. The van der Waals surface area contributed by atoms with Crippen LogP contribution in [0, 0.1) is 0 Å². The third kappa shape index (κ3) is 3.97. The Kier molecular flexibility index (Phi) is 6.39. The molecule has 0 aliphatic heterocycles. The van der Waals surface area contributed by atoms with E-state index < -0.39 is 10.2 Å². The van der Waals surface area contributed by atoms with Gasteiger partial charge in [-0.3, -0.25) is 0 Å². The maximum atomic E-state index is 12.1. The predicted octanol–water partition coefficient (Wildman–Crippen LogP) is 0.570. The lowest BCUT2D eigenvalue weighted by Gasteiger charge is -2.29. The highest BCUT2D eigenvalue weighted by molar-refractivity contribution is 7.86. The lowest BCUT2D eigenvalue weighted by atomic mass is 10.2. The van der Waals surface area contributed by atoms with Gasteiger partial charge in [0.1, 0.15) is 0 Å². The quantitative estimate of drug-likeness (QED) is 0.685. The molecule has 0 fully saturated rings. The molecule has 0 rings (SSSR count). The van der Waals surface area contributed by atoms with Crippen molar-refractivity contribution >= 4 is 27.4 Å². The molecule has 0 aromatic heterocycles. The van der Waals surface area contributed by atoms with Crippen LogP contribution in [0.25, 0.3) is 0 Å². The molecule has 0 saturated carbocycles. The largest absolute Gasteiger partial charge is 0.393 e. The molecule has 0 radical (unpaired) electrons. The predicted molar refractivity (Wildman–Crippen MR) is 70.5 cm³/mol. The summed E-state index contributed by atoms with van der Waals surface area (Å²) in [5.74, 6) is 0. The lowest BCUT2D eigenvalue weighted by Crippen LogP contribution is -2.46. The van der Waals surface area contributed by atoms with Gasteiger partial charge in [-0.1, -0.05) is 26.1 Å². The van der Waals surface area contributed by atoms with Gasteiger partial charge in [-0.15, -0.1) is 0 Å². The minimum Gasteiger partial charge on any atom is -0.393 e. The summed E-state index contributed by atoms with van der Waals surface area (Å²) in [7, 11) is -1.84. The first-order chi connectivity index (χ1) is 7.27. The summed E-state index contributed by atoms with van der Waals surface area (Å²) in [4.78, 5) is 0.328. The lowest BCUT2D eigenvalue weighted by molar-refractivity contribution is 0.340. The second-order valence-electron chi connectivity index (χ2n) is 3.63. The van der Waals surface area contributed by atoms with Crippen molar-refractivity contribution in [1.29, 1.82) is 0 Å². The molecule has 2 N–H and O–H groups in total. The molecule has 1 atom stereocenters. The van der Waals surface area contributed by atoms with Crippen molar-refractivity contribution in [3.8, 4) is 0 Å². The normalized spacial score (nSPS) is 14.4. The Morgan fingerprint density at radius 2 is 1.81 bits per heavy atom. The van der Waals surface area contributed by atoms with Crippen molar-refractivity contribution in [2.24, 2.45) is 5.73 Å². The number of hydrogen-bond donors (Lipinski definition) is 1. The Morgan fingerprint density at radius 1 is 1.38 bits per heavy atom. The van der Waals surface area contributed by atoms with Crippen molar-refractivity contribution < 1.29 is 8.42 Å². The fourth-order valence-electron chi connectivity index (χ4n) is 1.38. The highest BCUT2D eigenvalue weighted by atomic mass is 32.2. The zero-order valence-electron chi connectivity index (χ0n) is 10.3. The van der Waals surface area contributed by atoms with Crippen molar-refractivity contribution in [1.82, 2.24) is 8.61 Å². The van der Waals surface area contributed by atoms with Crippen LogP contribution in [0.2, 0.25) is 0 Å². The smallest absolute Gasteiger partial charge is 0.281 e. The Hall–Kier alpha value is -0.240. The molecule has 7 heteroatoms. The fourth-order valence-corrected chi connectivity index (χ4v) is 3.17. The Labute approximate surface area is 104 Å². The molecule has 0 heterocycles. The van der Waals surface area contributed by atoms with Crippen LogP contribution < -0.4 is 5.73 Å². The second kappa shape index (κ2) is 6.48. The monoisotopic (exact) mass is 267 g/mol. The van der Waals surface area contributed by atoms with Gasteiger partial charge < -0.3 is 5.73 Å². The molecule has 0 bridgehead atoms. The molecule has 0 amide bonds. The number of rotatable bonds is 7. The second-order valence-corrected chi connectivity index (χ2v) is 6.14. The SMILES string of the molecule is CCN(CC)S(=O)(=O)N(C)C(C)CC(N)=S. The van der Waals surface area contributed by atoms with Gasteiger partial charge in [0.05, 0.1) is 4.99 Å². The average Bonchev–Trinajstić information content (AvgIpc) is 2.16. The zero-order valence-corrected chi connectivity index (χ0v) is 11.9. The van der Waals surface area contributed by atoms with Gasteiger partial charge in [-0.25, -0.2) is 0 Å². The summed E-state index contributed by atoms with van der Waals surface area (Å²) < 4.78 is 26.9. The van der Waals surface area contributed by atoms with E-state index in [1.807, 2.05) is 13.8 Å². The van der Waals surface area contributed by atoms with Crippen molar-refractivity contribution in [2.45, 2.75) is 33.2 Å². The van der Waals surface area contributed by atoms with Gasteiger partial charge in [-0.05, 0) is 6.92 Å². The van der Waals surface area contributed by atoms with Gasteiger partial charge >= 0.3 is 0 Å². The number of thiocarbonyl (C=S) groups is 1. The van der Waals surface area contributed by atoms with E-state index in [0.717, 1.165) is 0 Å². The van der Waals surface area contributed by atoms with Crippen LogP contribution in [0.5, 0.6) is 0 Å². The molecular weight excluding hydrogens is 246 g/mol. The first-order valence-corrected chi connectivity index (χ1v) is 7.09. The number of nitrogens with two attached hydrogens (primary N) is 1. The summed E-state index contributed by atoms with van der Waals surface area (Å²) in [5, 5.41) is 0. The van der Waals surface area contributed by atoms with E-state index in [2.05, 4.69) is 0 Å². The van der Waals surface area contributed by atoms with Crippen LogP contribution in [0.3, 0.4) is 0 Å². The molecule has 0 spiro atoms. The van der Waals surface area contributed by atoms with E-state index in [9.17, 15) is 8.42 Å². The van der Waals surface area contributed by atoms with Crippen LogP contribution in [0.4, 0.5) is 0 Å². The van der Waals surface area contributed by atoms with Gasteiger partial charge in [0.25, 0.3) is 10.2 Å². The third-order valence-electron chi connectivity index (χ3n) is 2.51. The standard InChI is InChI=1S/C9H21N3O2S2/c1-5-12(6-2)16(13,14)11(4)8(3)7-9(10)15/h8H,5-7H2,1-4H3,(H2,10,15). The van der Waals surface area contributed by atoms with E-state index in [4.69, 9.17) is 18.0 Å². The van der Waals surface area contributed by atoms with Gasteiger partial charge in [0, 0.05) is 32.6 Å². The summed E-state index contributed by atoms with van der Waals surface area (Å²) in [6.07, 6.45) is 0.395. The maximum Gasteiger partial charge on any atom is 0.281 e. The van der Waals surface area contributed by atoms with E-state index in [-0.39, 0.29) is 6.04 Å². The summed E-state index contributed by atoms with van der Waals surface area (Å²) in [6.45, 7) is 6.34. The highest BCUT2D eigenvalue weighted by Crippen LogP contribution is 2.12. The fraction of sp³-hybridized carbons (Fsp3) is 0.889. The summed E-state index contributed by atoms with van der Waals surface area (Å²) in [5.41, 5.74) is 5.41. The Bertz CT molecular complexity index is 326. The van der Waals surface area contributed by atoms with Crippen molar-refractivity contribution in [3.63, 3.8) is 0 Å². The molecule has 0 saturated heterocycles. The van der Waals surface area contributed by atoms with Gasteiger partial charge in [0.2, 0.25) is 0 Å². The van der Waals surface area contributed by atoms with E-state index in [1.165, 1.54) is 8.61 Å². The minimum atomic E-state index is -3.39. The molecule has 96 valence electrons. The van der Waals surface area contributed by atoms with E-state index in [0.29, 0.717) is 24.5 Å². The van der Waals surface area contributed by atoms with Crippen LogP contribution in [-0.4, -0.2) is 48.2 Å². The molecule has 0 aromatic rings. The average molecular weight is 267 g/mol. The van der Waals surface area contributed by atoms with Crippen LogP contribution in [0.15, 0.2) is 0 Å². The van der Waals surface area contributed by atoms with Gasteiger partial charge in [0.15, 0.2) is 0 Å². The third-order valence-corrected chi connectivity index (χ3v) is 4.94.